The molecule has 1 atom stereocenters. The van der Waals surface area contributed by atoms with Crippen molar-refractivity contribution in [3.8, 4) is 5.75 Å². The van der Waals surface area contributed by atoms with Crippen molar-refractivity contribution in [2.75, 3.05) is 33.7 Å². The molecule has 1 fully saturated rings. The van der Waals surface area contributed by atoms with Crippen molar-refractivity contribution in [3.05, 3.63) is 28.2 Å². The van der Waals surface area contributed by atoms with Crippen LogP contribution in [-0.4, -0.2) is 53.2 Å². The molecule has 0 bridgehead atoms. The van der Waals surface area contributed by atoms with E-state index in [0.29, 0.717) is 0 Å². The molecule has 2 heterocycles. The number of aromatic hydroxyl groups is 1. The van der Waals surface area contributed by atoms with Gasteiger partial charge in [0.1, 0.15) is 0 Å². The highest BCUT2D eigenvalue weighted by Crippen LogP contribution is 2.18. The van der Waals surface area contributed by atoms with Crippen LogP contribution in [0.15, 0.2) is 17.1 Å². The van der Waals surface area contributed by atoms with E-state index in [0.717, 1.165) is 50.8 Å². The first-order valence-electron chi connectivity index (χ1n) is 8.25. The number of hydrogen-bond acceptors (Lipinski definition) is 4. The van der Waals surface area contributed by atoms with Gasteiger partial charge >= 0.3 is 0 Å². The third-order valence-electron chi connectivity index (χ3n) is 4.33. The zero-order chi connectivity index (χ0) is 16.1. The molecule has 0 saturated carbocycles. The summed E-state index contributed by atoms with van der Waals surface area (Å²) in [4.78, 5) is 16.4. The van der Waals surface area contributed by atoms with E-state index in [1.807, 2.05) is 4.57 Å². The predicted octanol–water partition coefficient (Wildman–Crippen LogP) is 1.74. The molecule has 0 spiro atoms. The molecular formula is C17H29N3O2. The summed E-state index contributed by atoms with van der Waals surface area (Å²) >= 11 is 0. The Hall–Kier alpha value is -1.33. The zero-order valence-electron chi connectivity index (χ0n) is 14.1. The number of nitrogens with zero attached hydrogens (tertiary/aromatic N) is 3. The second kappa shape index (κ2) is 7.79. The third kappa shape index (κ3) is 4.85. The number of likely N-dealkylation sites (tertiary alicyclic amines) is 1. The Morgan fingerprint density at radius 2 is 2.18 bits per heavy atom. The van der Waals surface area contributed by atoms with Crippen molar-refractivity contribution in [1.29, 1.82) is 0 Å². The second-order valence-corrected chi connectivity index (χ2v) is 6.85. The third-order valence-corrected chi connectivity index (χ3v) is 4.33. The molecule has 1 unspecified atom stereocenters. The fraction of sp³-hybridized carbons (Fsp3) is 0.706. The molecule has 0 aromatic carbocycles. The number of piperidine rings is 1. The van der Waals surface area contributed by atoms with Gasteiger partial charge in [0.15, 0.2) is 5.75 Å². The lowest BCUT2D eigenvalue weighted by Gasteiger charge is -2.31. The summed E-state index contributed by atoms with van der Waals surface area (Å²) in [7, 11) is 4.11. The van der Waals surface area contributed by atoms with Gasteiger partial charge in [-0.3, -0.25) is 9.69 Å². The molecule has 0 radical (unpaired) electrons. The van der Waals surface area contributed by atoms with Crippen LogP contribution in [0.2, 0.25) is 0 Å². The van der Waals surface area contributed by atoms with Gasteiger partial charge in [0.25, 0.3) is 0 Å². The Labute approximate surface area is 133 Å². The minimum Gasteiger partial charge on any atom is -0.503 e. The van der Waals surface area contributed by atoms with Crippen molar-refractivity contribution >= 4 is 0 Å². The van der Waals surface area contributed by atoms with Gasteiger partial charge < -0.3 is 14.6 Å². The smallest absolute Gasteiger partial charge is 0.223 e. The summed E-state index contributed by atoms with van der Waals surface area (Å²) < 4.78 is 2.04. The van der Waals surface area contributed by atoms with Gasteiger partial charge in [-0.25, -0.2) is 0 Å². The predicted molar refractivity (Wildman–Crippen MR) is 89.2 cm³/mol. The van der Waals surface area contributed by atoms with Crippen LogP contribution < -0.4 is 5.43 Å². The normalized spacial score (nSPS) is 19.7. The molecule has 1 saturated heterocycles. The van der Waals surface area contributed by atoms with Gasteiger partial charge in [-0.05, 0) is 52.4 Å². The summed E-state index contributed by atoms with van der Waals surface area (Å²) in [5, 5.41) is 9.72. The maximum atomic E-state index is 11.8. The maximum absolute atomic E-state index is 11.8. The summed E-state index contributed by atoms with van der Waals surface area (Å²) in [5.74, 6) is 0.570. The Morgan fingerprint density at radius 1 is 1.41 bits per heavy atom. The Balaban J connectivity index is 2.10. The van der Waals surface area contributed by atoms with Crippen molar-refractivity contribution in [2.24, 2.45) is 5.92 Å². The zero-order valence-corrected chi connectivity index (χ0v) is 14.1. The van der Waals surface area contributed by atoms with Gasteiger partial charge in [-0.2, -0.15) is 0 Å². The molecule has 1 aliphatic heterocycles. The molecule has 1 aromatic rings. The minimum absolute atomic E-state index is 0.152. The molecule has 1 aliphatic rings. The molecule has 22 heavy (non-hydrogen) atoms. The molecule has 5 nitrogen and oxygen atoms in total. The lowest BCUT2D eigenvalue weighted by Crippen LogP contribution is -2.35. The number of aryl methyl sites for hydroxylation is 1. The van der Waals surface area contributed by atoms with Crippen molar-refractivity contribution < 1.29 is 5.11 Å². The van der Waals surface area contributed by atoms with Crippen molar-refractivity contribution in [1.82, 2.24) is 14.4 Å². The van der Waals surface area contributed by atoms with Gasteiger partial charge in [-0.15, -0.1) is 0 Å². The first-order chi connectivity index (χ1) is 10.5. The second-order valence-electron chi connectivity index (χ2n) is 6.85. The van der Waals surface area contributed by atoms with Crippen LogP contribution in [0.1, 0.15) is 31.9 Å². The number of rotatable bonds is 6. The molecule has 1 N–H and O–H groups in total. The summed E-state index contributed by atoms with van der Waals surface area (Å²) in [5.41, 5.74) is 0.736. The Bertz CT molecular complexity index is 539. The molecule has 1 aromatic heterocycles. The van der Waals surface area contributed by atoms with Crippen molar-refractivity contribution in [3.63, 3.8) is 0 Å². The average Bonchev–Trinajstić information content (AvgIpc) is 2.43. The fourth-order valence-corrected chi connectivity index (χ4v) is 3.16. The lowest BCUT2D eigenvalue weighted by atomic mass is 10.0. The molecule has 124 valence electrons. The largest absolute Gasteiger partial charge is 0.503 e. The summed E-state index contributed by atoms with van der Waals surface area (Å²) in [6.45, 7) is 7.08. The van der Waals surface area contributed by atoms with E-state index in [9.17, 15) is 9.90 Å². The minimum atomic E-state index is -0.274. The van der Waals surface area contributed by atoms with Crippen LogP contribution >= 0.6 is 0 Å². The highest BCUT2D eigenvalue weighted by molar-refractivity contribution is 5.20. The van der Waals surface area contributed by atoms with Gasteiger partial charge in [0.05, 0.1) is 6.20 Å². The van der Waals surface area contributed by atoms with Crippen molar-refractivity contribution in [2.45, 2.75) is 39.3 Å². The molecule has 0 amide bonds. The van der Waals surface area contributed by atoms with Crippen LogP contribution in [0.3, 0.4) is 0 Å². The monoisotopic (exact) mass is 307 g/mol. The van der Waals surface area contributed by atoms with Gasteiger partial charge in [0, 0.05) is 31.4 Å². The highest BCUT2D eigenvalue weighted by Gasteiger charge is 2.18. The fourth-order valence-electron chi connectivity index (χ4n) is 3.16. The van der Waals surface area contributed by atoms with E-state index in [1.165, 1.54) is 12.8 Å². The average molecular weight is 307 g/mol. The quantitative estimate of drug-likeness (QED) is 0.870. The molecule has 5 heteroatoms. The SMILES string of the molecule is CC1CCCN(Cc2cc(=O)c(O)cn2CCCN(C)C)C1. The standard InChI is InChI=1S/C17H29N3O2/c1-14-6-4-8-19(11-14)12-15-10-16(21)17(22)13-20(15)9-5-7-18(2)3/h10,13-14,22H,4-9,11-12H2,1-3H3. The summed E-state index contributed by atoms with van der Waals surface area (Å²) in [6.07, 6.45) is 5.12. The van der Waals surface area contributed by atoms with Crippen LogP contribution in [0.4, 0.5) is 0 Å². The van der Waals surface area contributed by atoms with E-state index in [2.05, 4.69) is 30.8 Å². The Morgan fingerprint density at radius 3 is 2.86 bits per heavy atom. The number of pyridine rings is 1. The lowest BCUT2D eigenvalue weighted by molar-refractivity contribution is 0.172. The van der Waals surface area contributed by atoms with E-state index in [-0.39, 0.29) is 11.2 Å². The van der Waals surface area contributed by atoms with E-state index >= 15 is 0 Å². The van der Waals surface area contributed by atoms with Crippen LogP contribution in [-0.2, 0) is 13.1 Å². The van der Waals surface area contributed by atoms with Crippen LogP contribution in [0, 0.1) is 5.92 Å². The van der Waals surface area contributed by atoms with E-state index in [1.54, 1.807) is 12.3 Å². The van der Waals surface area contributed by atoms with E-state index in [4.69, 9.17) is 0 Å². The number of aromatic nitrogens is 1. The molecule has 2 rings (SSSR count). The first-order valence-corrected chi connectivity index (χ1v) is 8.25. The number of hydrogen-bond donors (Lipinski definition) is 1. The molecular weight excluding hydrogens is 278 g/mol. The van der Waals surface area contributed by atoms with Crippen LogP contribution in [0.5, 0.6) is 5.75 Å². The Kier molecular flexibility index (Phi) is 6.03. The topological polar surface area (TPSA) is 48.7 Å². The molecule has 0 aliphatic carbocycles. The van der Waals surface area contributed by atoms with Crippen LogP contribution in [0.25, 0.3) is 0 Å². The first kappa shape index (κ1) is 17.0. The van der Waals surface area contributed by atoms with E-state index < -0.39 is 0 Å². The van der Waals surface area contributed by atoms with Gasteiger partial charge in [0.2, 0.25) is 5.43 Å². The highest BCUT2D eigenvalue weighted by atomic mass is 16.3. The van der Waals surface area contributed by atoms with Gasteiger partial charge in [-0.1, -0.05) is 6.92 Å². The maximum Gasteiger partial charge on any atom is 0.223 e. The summed E-state index contributed by atoms with van der Waals surface area (Å²) in [6, 6.07) is 1.60.